The van der Waals surface area contributed by atoms with Gasteiger partial charge in [-0.3, -0.25) is 4.90 Å². The van der Waals surface area contributed by atoms with E-state index in [9.17, 15) is 10.2 Å². The molecule has 6 heteroatoms. The molecule has 170 valence electrons. The lowest BCUT2D eigenvalue weighted by Gasteiger charge is -2.29. The number of aliphatic hydroxyl groups excluding tert-OH is 1. The summed E-state index contributed by atoms with van der Waals surface area (Å²) in [4.78, 5) is 7.11. The summed E-state index contributed by atoms with van der Waals surface area (Å²) >= 11 is 0. The summed E-state index contributed by atoms with van der Waals surface area (Å²) in [6.45, 7) is 11.0. The summed E-state index contributed by atoms with van der Waals surface area (Å²) in [5, 5.41) is 27.1. The van der Waals surface area contributed by atoms with Crippen LogP contribution in [0.1, 0.15) is 70.4 Å². The van der Waals surface area contributed by atoms with Crippen molar-refractivity contribution in [1.82, 2.24) is 15.5 Å². The Labute approximate surface area is 182 Å². The Morgan fingerprint density at radius 1 is 1.03 bits per heavy atom. The minimum absolute atomic E-state index is 0.124. The average molecular weight is 419 g/mol. The molecule has 0 radical (unpaired) electrons. The SMILES string of the molecule is CCCC(O)(CCC)CNC(=NCc1ccc(CN2CCC(O)CC2)cc1)NCC. The lowest BCUT2D eigenvalue weighted by atomic mass is 9.93. The molecule has 1 aromatic carbocycles. The van der Waals surface area contributed by atoms with E-state index in [1.165, 1.54) is 11.1 Å². The molecular formula is C24H42N4O2. The van der Waals surface area contributed by atoms with Crippen molar-refractivity contribution in [3.8, 4) is 0 Å². The third-order valence-electron chi connectivity index (χ3n) is 5.77. The van der Waals surface area contributed by atoms with Gasteiger partial charge >= 0.3 is 0 Å². The lowest BCUT2D eigenvalue weighted by molar-refractivity contribution is 0.0257. The second-order valence-corrected chi connectivity index (χ2v) is 8.60. The molecule has 0 amide bonds. The van der Waals surface area contributed by atoms with Crippen LogP contribution in [0.25, 0.3) is 0 Å². The zero-order valence-corrected chi connectivity index (χ0v) is 19.2. The molecule has 0 saturated carbocycles. The lowest BCUT2D eigenvalue weighted by Crippen LogP contribution is -2.47. The van der Waals surface area contributed by atoms with Crippen LogP contribution in [-0.2, 0) is 13.1 Å². The van der Waals surface area contributed by atoms with E-state index in [0.29, 0.717) is 13.1 Å². The summed E-state index contributed by atoms with van der Waals surface area (Å²) in [6, 6.07) is 8.65. The summed E-state index contributed by atoms with van der Waals surface area (Å²) in [7, 11) is 0. The van der Waals surface area contributed by atoms with Crippen molar-refractivity contribution >= 4 is 5.96 Å². The molecule has 4 N–H and O–H groups in total. The molecule has 1 aliphatic heterocycles. The fraction of sp³-hybridized carbons (Fsp3) is 0.708. The molecular weight excluding hydrogens is 376 g/mol. The van der Waals surface area contributed by atoms with Gasteiger partial charge in [0.1, 0.15) is 0 Å². The van der Waals surface area contributed by atoms with Gasteiger partial charge in [0.2, 0.25) is 0 Å². The van der Waals surface area contributed by atoms with Crippen LogP contribution in [0.4, 0.5) is 0 Å². The Bertz CT molecular complexity index is 619. The molecule has 0 spiro atoms. The van der Waals surface area contributed by atoms with Crippen LogP contribution in [0.2, 0.25) is 0 Å². The third-order valence-corrected chi connectivity index (χ3v) is 5.77. The fourth-order valence-electron chi connectivity index (χ4n) is 4.08. The van der Waals surface area contributed by atoms with Crippen LogP contribution in [0, 0.1) is 0 Å². The predicted octanol–water partition coefficient (Wildman–Crippen LogP) is 3.03. The molecule has 0 bridgehead atoms. The number of hydrogen-bond acceptors (Lipinski definition) is 4. The van der Waals surface area contributed by atoms with Gasteiger partial charge in [0.15, 0.2) is 5.96 Å². The second kappa shape index (κ2) is 12.9. The summed E-state index contributed by atoms with van der Waals surface area (Å²) in [5.74, 6) is 0.749. The van der Waals surface area contributed by atoms with Crippen LogP contribution in [-0.4, -0.2) is 59.0 Å². The number of rotatable bonds is 11. The minimum atomic E-state index is -0.675. The van der Waals surface area contributed by atoms with Gasteiger partial charge in [-0.05, 0) is 43.7 Å². The first-order valence-corrected chi connectivity index (χ1v) is 11.7. The zero-order valence-electron chi connectivity index (χ0n) is 19.2. The van der Waals surface area contributed by atoms with Crippen molar-refractivity contribution < 1.29 is 10.2 Å². The van der Waals surface area contributed by atoms with Crippen molar-refractivity contribution in [2.45, 2.75) is 84.1 Å². The molecule has 1 fully saturated rings. The number of hydrogen-bond donors (Lipinski definition) is 4. The van der Waals surface area contributed by atoms with Gasteiger partial charge in [0.05, 0.1) is 18.2 Å². The zero-order chi connectivity index (χ0) is 21.8. The topological polar surface area (TPSA) is 80.1 Å². The van der Waals surface area contributed by atoms with Gasteiger partial charge in [0, 0.05) is 32.7 Å². The van der Waals surface area contributed by atoms with E-state index in [0.717, 1.165) is 70.7 Å². The minimum Gasteiger partial charge on any atom is -0.393 e. The highest BCUT2D eigenvalue weighted by atomic mass is 16.3. The smallest absolute Gasteiger partial charge is 0.191 e. The van der Waals surface area contributed by atoms with E-state index in [2.05, 4.69) is 60.6 Å². The van der Waals surface area contributed by atoms with Crippen LogP contribution in [0.3, 0.4) is 0 Å². The van der Waals surface area contributed by atoms with Gasteiger partial charge < -0.3 is 20.8 Å². The van der Waals surface area contributed by atoms with Crippen molar-refractivity contribution in [2.24, 2.45) is 4.99 Å². The van der Waals surface area contributed by atoms with E-state index in [4.69, 9.17) is 4.99 Å². The summed E-state index contributed by atoms with van der Waals surface area (Å²) in [6.07, 6.45) is 5.15. The largest absolute Gasteiger partial charge is 0.393 e. The van der Waals surface area contributed by atoms with E-state index in [1.54, 1.807) is 0 Å². The second-order valence-electron chi connectivity index (χ2n) is 8.60. The number of guanidine groups is 1. The maximum atomic E-state index is 10.8. The molecule has 0 aromatic heterocycles. The highest BCUT2D eigenvalue weighted by molar-refractivity contribution is 5.79. The third kappa shape index (κ3) is 8.62. The van der Waals surface area contributed by atoms with Gasteiger partial charge in [-0.2, -0.15) is 0 Å². The number of aliphatic hydroxyl groups is 2. The first-order chi connectivity index (χ1) is 14.5. The Morgan fingerprint density at radius 3 is 2.20 bits per heavy atom. The summed E-state index contributed by atoms with van der Waals surface area (Å²) < 4.78 is 0. The van der Waals surface area contributed by atoms with Crippen LogP contribution < -0.4 is 10.6 Å². The maximum Gasteiger partial charge on any atom is 0.191 e. The number of nitrogens with zero attached hydrogens (tertiary/aromatic N) is 2. The molecule has 1 saturated heterocycles. The van der Waals surface area contributed by atoms with Crippen molar-refractivity contribution in [1.29, 1.82) is 0 Å². The van der Waals surface area contributed by atoms with E-state index in [-0.39, 0.29) is 6.10 Å². The number of benzene rings is 1. The molecule has 6 nitrogen and oxygen atoms in total. The Balaban J connectivity index is 1.88. The van der Waals surface area contributed by atoms with Gasteiger partial charge in [-0.25, -0.2) is 4.99 Å². The van der Waals surface area contributed by atoms with Crippen molar-refractivity contribution in [2.75, 3.05) is 26.2 Å². The Hall–Kier alpha value is -1.63. The Morgan fingerprint density at radius 2 is 1.63 bits per heavy atom. The number of piperidine rings is 1. The van der Waals surface area contributed by atoms with Crippen molar-refractivity contribution in [3.05, 3.63) is 35.4 Å². The highest BCUT2D eigenvalue weighted by Gasteiger charge is 2.25. The summed E-state index contributed by atoms with van der Waals surface area (Å²) in [5.41, 5.74) is 1.79. The number of nitrogens with one attached hydrogen (secondary N) is 2. The van der Waals surface area contributed by atoms with Gasteiger partial charge in [-0.1, -0.05) is 51.0 Å². The quantitative estimate of drug-likeness (QED) is 0.328. The fourth-order valence-corrected chi connectivity index (χ4v) is 4.08. The van der Waals surface area contributed by atoms with Gasteiger partial charge in [-0.15, -0.1) is 0 Å². The van der Waals surface area contributed by atoms with E-state index < -0.39 is 5.60 Å². The predicted molar refractivity (Wildman–Crippen MR) is 125 cm³/mol. The monoisotopic (exact) mass is 418 g/mol. The molecule has 0 atom stereocenters. The maximum absolute atomic E-state index is 10.8. The molecule has 1 aliphatic rings. The molecule has 1 aromatic rings. The molecule has 0 aliphatic carbocycles. The van der Waals surface area contributed by atoms with Crippen molar-refractivity contribution in [3.63, 3.8) is 0 Å². The average Bonchev–Trinajstić information content (AvgIpc) is 2.73. The van der Waals surface area contributed by atoms with Crippen LogP contribution in [0.5, 0.6) is 0 Å². The standard InChI is InChI=1S/C24H42N4O2/c1-4-13-24(30,14-5-2)19-27-23(25-6-3)26-17-20-7-9-21(10-8-20)18-28-15-11-22(29)12-16-28/h7-10,22,29-30H,4-6,11-19H2,1-3H3,(H2,25,26,27). The first kappa shape index (κ1) is 24.6. The molecule has 2 rings (SSSR count). The Kier molecular flexibility index (Phi) is 10.6. The molecule has 30 heavy (non-hydrogen) atoms. The normalized spacial score (nSPS) is 16.6. The molecule has 1 heterocycles. The van der Waals surface area contributed by atoms with Crippen LogP contribution in [0.15, 0.2) is 29.3 Å². The first-order valence-electron chi connectivity index (χ1n) is 11.7. The van der Waals surface area contributed by atoms with Crippen LogP contribution >= 0.6 is 0 Å². The van der Waals surface area contributed by atoms with Gasteiger partial charge in [0.25, 0.3) is 0 Å². The van der Waals surface area contributed by atoms with E-state index in [1.807, 2.05) is 0 Å². The molecule has 0 unspecified atom stereocenters. The number of aliphatic imine (C=N–C) groups is 1. The number of likely N-dealkylation sites (tertiary alicyclic amines) is 1. The van der Waals surface area contributed by atoms with E-state index >= 15 is 0 Å². The highest BCUT2D eigenvalue weighted by Crippen LogP contribution is 2.18.